The third-order valence-electron chi connectivity index (χ3n) is 5.26. The number of hydrogen-bond donors (Lipinski definition) is 1. The molecule has 0 amide bonds. The van der Waals surface area contributed by atoms with Crippen molar-refractivity contribution >= 4 is 45.1 Å². The number of para-hydroxylation sites is 1. The summed E-state index contributed by atoms with van der Waals surface area (Å²) in [6, 6.07) is 16.5. The number of aromatic nitrogens is 2. The number of pyridine rings is 2. The second-order valence-corrected chi connectivity index (χ2v) is 20.1. The number of carbonyl (C=O) groups excluding carboxylic acids is 1. The van der Waals surface area contributed by atoms with E-state index in [0.717, 1.165) is 27.7 Å². The first-order chi connectivity index (χ1) is 15.5. The normalized spacial score (nSPS) is 11.6. The third kappa shape index (κ3) is 6.62. The largest absolute Gasteiger partial charge is 0 e. The summed E-state index contributed by atoms with van der Waals surface area (Å²) >= 11 is -1.99. The first-order valence-electron chi connectivity index (χ1n) is 11.0. The summed E-state index contributed by atoms with van der Waals surface area (Å²) in [6.45, 7) is 7.04. The van der Waals surface area contributed by atoms with E-state index >= 15 is 0 Å². The van der Waals surface area contributed by atoms with Gasteiger partial charge in [0.15, 0.2) is 5.78 Å². The van der Waals surface area contributed by atoms with Crippen LogP contribution in [-0.4, -0.2) is 34.1 Å². The number of ketones is 1. The minimum Gasteiger partial charge on any atom is 0 e. The molecule has 0 fully saturated rings. The van der Waals surface area contributed by atoms with Crippen LogP contribution in [0.1, 0.15) is 25.0 Å². The molecule has 0 spiro atoms. The van der Waals surface area contributed by atoms with Crippen molar-refractivity contribution in [1.82, 2.24) is 9.97 Å². The van der Waals surface area contributed by atoms with Crippen molar-refractivity contribution in [2.24, 2.45) is 0 Å². The summed E-state index contributed by atoms with van der Waals surface area (Å²) in [6.07, 6.45) is 5.08. The van der Waals surface area contributed by atoms with E-state index in [1.54, 1.807) is 0 Å². The predicted octanol–water partition coefficient (Wildman–Crippen LogP) is 6.45. The van der Waals surface area contributed by atoms with E-state index in [9.17, 15) is 4.79 Å². The number of hydrogen-bond acceptors (Lipinski definition) is 4. The molecular formula is C28H31GeIrN2O2-. The molecular weight excluding hydrogens is 661 g/mol. The van der Waals surface area contributed by atoms with Crippen LogP contribution in [0.3, 0.4) is 0 Å². The van der Waals surface area contributed by atoms with Gasteiger partial charge in [0, 0.05) is 26.2 Å². The average molecular weight is 692 g/mol. The molecule has 0 aliphatic heterocycles. The second kappa shape index (κ2) is 11.4. The molecule has 1 N–H and O–H groups in total. The third-order valence-corrected chi connectivity index (χ3v) is 9.50. The van der Waals surface area contributed by atoms with Gasteiger partial charge in [-0.1, -0.05) is 0 Å². The van der Waals surface area contributed by atoms with E-state index in [-0.39, 0.29) is 31.6 Å². The van der Waals surface area contributed by atoms with Gasteiger partial charge in [0.25, 0.3) is 0 Å². The first-order valence-corrected chi connectivity index (χ1v) is 18.4. The van der Waals surface area contributed by atoms with E-state index in [1.165, 1.54) is 40.7 Å². The van der Waals surface area contributed by atoms with Gasteiger partial charge in [0.05, 0.1) is 5.76 Å². The Bertz CT molecular complexity index is 1350. The number of aliphatic hydroxyl groups is 1. The Morgan fingerprint density at radius 2 is 1.71 bits per heavy atom. The van der Waals surface area contributed by atoms with E-state index in [2.05, 4.69) is 78.6 Å². The fraction of sp³-hybridized carbons (Fsp3) is 0.250. The van der Waals surface area contributed by atoms with Crippen LogP contribution in [-0.2, 0) is 24.9 Å². The maximum absolute atomic E-state index is 10.0. The molecule has 1 radical (unpaired) electrons. The molecule has 6 heteroatoms. The maximum Gasteiger partial charge on any atom is 0 e. The fourth-order valence-electron chi connectivity index (χ4n) is 4.00. The van der Waals surface area contributed by atoms with Crippen molar-refractivity contribution in [3.8, 4) is 11.3 Å². The molecule has 34 heavy (non-hydrogen) atoms. The summed E-state index contributed by atoms with van der Waals surface area (Å²) in [7, 11) is 0. The molecule has 4 nitrogen and oxygen atoms in total. The number of benzene rings is 2. The van der Waals surface area contributed by atoms with Gasteiger partial charge in [-0.15, -0.1) is 0 Å². The van der Waals surface area contributed by atoms with Crippen LogP contribution in [0.25, 0.3) is 32.9 Å². The zero-order chi connectivity index (χ0) is 24.3. The number of aryl methyl sites for hydroxylation is 2. The Morgan fingerprint density at radius 3 is 2.26 bits per heavy atom. The number of allylic oxidation sites excluding steroid dienone is 2. The number of rotatable bonds is 3. The minimum absolute atomic E-state index is 0. The molecule has 0 saturated carbocycles. The van der Waals surface area contributed by atoms with Crippen LogP contribution >= 0.6 is 0 Å². The van der Waals surface area contributed by atoms with Gasteiger partial charge in [-0.3, -0.25) is 4.79 Å². The number of nitrogens with zero attached hydrogens (tertiary/aromatic N) is 2. The quantitative estimate of drug-likeness (QED) is 0.0883. The molecule has 0 aliphatic carbocycles. The summed E-state index contributed by atoms with van der Waals surface area (Å²) < 4.78 is 1.46. The Kier molecular flexibility index (Phi) is 9.35. The van der Waals surface area contributed by atoms with Crippen LogP contribution in [0.4, 0.5) is 0 Å². The molecule has 0 bridgehead atoms. The zero-order valence-electron chi connectivity index (χ0n) is 20.8. The van der Waals surface area contributed by atoms with Crippen LogP contribution < -0.4 is 4.40 Å². The number of fused-ring (bicyclic) bond motifs is 3. The second-order valence-electron chi connectivity index (χ2n) is 9.48. The van der Waals surface area contributed by atoms with Crippen LogP contribution in [0.5, 0.6) is 0 Å². The van der Waals surface area contributed by atoms with Gasteiger partial charge < -0.3 is 5.11 Å². The molecule has 0 unspecified atom stereocenters. The Balaban J connectivity index is 0.000000449. The molecule has 4 rings (SSSR count). The fourth-order valence-corrected chi connectivity index (χ4v) is 7.16. The monoisotopic (exact) mass is 694 g/mol. The number of carbonyl (C=O) groups is 1. The number of aliphatic hydroxyl groups excluding tert-OH is 1. The smallest absolute Gasteiger partial charge is 0 e. The molecule has 0 saturated heterocycles. The molecule has 2 heterocycles. The predicted molar refractivity (Wildman–Crippen MR) is 141 cm³/mol. The van der Waals surface area contributed by atoms with Gasteiger partial charge >= 0.3 is 158 Å². The van der Waals surface area contributed by atoms with Crippen LogP contribution in [0.15, 0.2) is 60.6 Å². The molecule has 179 valence electrons. The van der Waals surface area contributed by atoms with E-state index in [4.69, 9.17) is 10.1 Å². The van der Waals surface area contributed by atoms with Gasteiger partial charge in [-0.2, -0.15) is 0 Å². The maximum atomic E-state index is 10.0. The van der Waals surface area contributed by atoms with Crippen molar-refractivity contribution in [3.05, 3.63) is 77.8 Å². The Hall–Kier alpha value is -2.34. The van der Waals surface area contributed by atoms with E-state index < -0.39 is 13.3 Å². The van der Waals surface area contributed by atoms with E-state index in [0.29, 0.717) is 0 Å². The van der Waals surface area contributed by atoms with Crippen molar-refractivity contribution in [3.63, 3.8) is 0 Å². The van der Waals surface area contributed by atoms with Gasteiger partial charge in [-0.05, 0) is 13.8 Å². The first kappa shape index (κ1) is 27.9. The van der Waals surface area contributed by atoms with Crippen molar-refractivity contribution in [2.45, 2.75) is 45.0 Å². The summed E-state index contributed by atoms with van der Waals surface area (Å²) in [4.78, 5) is 19.6. The van der Waals surface area contributed by atoms with Gasteiger partial charge in [0.2, 0.25) is 0 Å². The average Bonchev–Trinajstić information content (AvgIpc) is 2.70. The van der Waals surface area contributed by atoms with Crippen molar-refractivity contribution < 1.29 is 30.0 Å². The molecule has 4 aromatic rings. The summed E-state index contributed by atoms with van der Waals surface area (Å²) in [5, 5.41) is 11.9. The van der Waals surface area contributed by atoms with Gasteiger partial charge in [0.1, 0.15) is 0 Å². The molecule has 0 atom stereocenters. The summed E-state index contributed by atoms with van der Waals surface area (Å²) in [5.74, 6) is 7.20. The van der Waals surface area contributed by atoms with E-state index in [1.807, 2.05) is 12.4 Å². The molecule has 0 aliphatic rings. The molecule has 2 aromatic carbocycles. The Morgan fingerprint density at radius 1 is 1.00 bits per heavy atom. The van der Waals surface area contributed by atoms with Gasteiger partial charge in [-0.25, -0.2) is 0 Å². The zero-order valence-corrected chi connectivity index (χ0v) is 25.3. The molecule has 2 aromatic heterocycles. The topological polar surface area (TPSA) is 63.1 Å². The van der Waals surface area contributed by atoms with Crippen LogP contribution in [0.2, 0.25) is 17.3 Å². The van der Waals surface area contributed by atoms with Crippen molar-refractivity contribution in [2.75, 3.05) is 0 Å². The van der Waals surface area contributed by atoms with Crippen LogP contribution in [0, 0.1) is 19.9 Å². The Labute approximate surface area is 218 Å². The standard InChI is InChI=1S/C23H23GeN2.C5H8O2.Ir/c1-15-11-16(2)13-17(12-15)22-20-14-26-23-19(18(20)9-10-25-22)7-6-8-21(23)24(3,4)5;1-4(6)3-5(2)7;/h6-12,14H,1-5H3;3,6H,1-2H3;/q-1;;/b;4-3-;. The summed E-state index contributed by atoms with van der Waals surface area (Å²) in [5.41, 5.74) is 5.53. The minimum atomic E-state index is -1.99. The SMILES string of the molecule is CC(=O)/C=C(/C)O.Cc1[c-]c(-c2nccc3c2cnc2[c]([Ge]([CH3])([CH3])[CH3])cccc23)cc(C)c1.[Ir]. The van der Waals surface area contributed by atoms with Crippen molar-refractivity contribution in [1.29, 1.82) is 0 Å².